The van der Waals surface area contributed by atoms with E-state index < -0.39 is 0 Å². The van der Waals surface area contributed by atoms with Crippen molar-refractivity contribution in [3.05, 3.63) is 0 Å². The van der Waals surface area contributed by atoms with Gasteiger partial charge in [-0.05, 0) is 51.0 Å². The normalized spacial score (nSPS) is 37.2. The first-order chi connectivity index (χ1) is 7.85. The molecule has 0 aromatic rings. The van der Waals surface area contributed by atoms with Crippen LogP contribution in [0.1, 0.15) is 58.3 Å². The Labute approximate surface area is 99.4 Å². The van der Waals surface area contributed by atoms with Crippen molar-refractivity contribution in [2.24, 2.45) is 5.92 Å². The lowest BCUT2D eigenvalue weighted by Crippen LogP contribution is -2.48. The molecule has 1 unspecified atom stereocenters. The van der Waals surface area contributed by atoms with Crippen molar-refractivity contribution in [2.45, 2.75) is 70.4 Å². The van der Waals surface area contributed by atoms with Crippen LogP contribution in [0.2, 0.25) is 0 Å². The maximum atomic E-state index is 11.1. The van der Waals surface area contributed by atoms with Gasteiger partial charge in [-0.3, -0.25) is 4.90 Å². The number of nitrogens with zero attached hydrogens (tertiary/aromatic N) is 1. The maximum absolute atomic E-state index is 11.1. The summed E-state index contributed by atoms with van der Waals surface area (Å²) in [5, 5.41) is 0. The van der Waals surface area contributed by atoms with Crippen LogP contribution in [-0.4, -0.2) is 29.8 Å². The molecule has 1 saturated carbocycles. The molecule has 1 aliphatic heterocycles. The van der Waals surface area contributed by atoms with E-state index in [1.54, 1.807) is 0 Å². The van der Waals surface area contributed by atoms with Crippen LogP contribution >= 0.6 is 0 Å². The molecule has 0 aromatic carbocycles. The van der Waals surface area contributed by atoms with Gasteiger partial charge in [0.05, 0.1) is 6.04 Å². The summed E-state index contributed by atoms with van der Waals surface area (Å²) in [6.45, 7) is 3.46. The lowest BCUT2D eigenvalue weighted by molar-refractivity contribution is -0.115. The van der Waals surface area contributed by atoms with Crippen molar-refractivity contribution in [1.82, 2.24) is 4.90 Å². The van der Waals surface area contributed by atoms with Gasteiger partial charge >= 0.3 is 0 Å². The molecule has 2 aliphatic rings. The monoisotopic (exact) mass is 223 g/mol. The van der Waals surface area contributed by atoms with Crippen LogP contribution in [0.3, 0.4) is 0 Å². The molecule has 2 heteroatoms. The molecule has 2 fully saturated rings. The molecule has 92 valence electrons. The minimum Gasteiger partial charge on any atom is -0.302 e. The third-order valence-electron chi connectivity index (χ3n) is 4.61. The second-order valence-electron chi connectivity index (χ2n) is 5.52. The number of hydrogen-bond acceptors (Lipinski definition) is 2. The summed E-state index contributed by atoms with van der Waals surface area (Å²) >= 11 is 0. The van der Waals surface area contributed by atoms with E-state index in [-0.39, 0.29) is 6.04 Å². The smallest absolute Gasteiger partial charge is 0.137 e. The van der Waals surface area contributed by atoms with Crippen LogP contribution in [0.5, 0.6) is 0 Å². The summed E-state index contributed by atoms with van der Waals surface area (Å²) in [5.74, 6) is 0.954. The SMILES string of the molecule is CCC1CCC(N2CCCCC2C=O)CC1. The van der Waals surface area contributed by atoms with E-state index in [0.717, 1.165) is 18.9 Å². The van der Waals surface area contributed by atoms with E-state index in [1.165, 1.54) is 51.2 Å². The van der Waals surface area contributed by atoms with E-state index in [2.05, 4.69) is 11.8 Å². The fourth-order valence-corrected chi connectivity index (χ4v) is 3.46. The van der Waals surface area contributed by atoms with E-state index >= 15 is 0 Å². The number of piperidine rings is 1. The molecular weight excluding hydrogens is 198 g/mol. The van der Waals surface area contributed by atoms with Gasteiger partial charge in [-0.25, -0.2) is 0 Å². The summed E-state index contributed by atoms with van der Waals surface area (Å²) < 4.78 is 0. The minimum atomic E-state index is 0.233. The molecule has 0 amide bonds. The maximum Gasteiger partial charge on any atom is 0.137 e. The Bertz CT molecular complexity index is 221. The zero-order valence-electron chi connectivity index (χ0n) is 10.5. The molecule has 0 aromatic heterocycles. The largest absolute Gasteiger partial charge is 0.302 e. The number of carbonyl (C=O) groups is 1. The topological polar surface area (TPSA) is 20.3 Å². The lowest BCUT2D eigenvalue weighted by atomic mass is 9.82. The van der Waals surface area contributed by atoms with Gasteiger partial charge in [-0.2, -0.15) is 0 Å². The molecule has 1 atom stereocenters. The van der Waals surface area contributed by atoms with Crippen molar-refractivity contribution in [1.29, 1.82) is 0 Å². The summed E-state index contributed by atoms with van der Waals surface area (Å²) in [4.78, 5) is 13.6. The van der Waals surface area contributed by atoms with Gasteiger partial charge in [0.15, 0.2) is 0 Å². The molecule has 2 rings (SSSR count). The Kier molecular flexibility index (Phi) is 4.39. The quantitative estimate of drug-likeness (QED) is 0.685. The van der Waals surface area contributed by atoms with Crippen molar-refractivity contribution in [2.75, 3.05) is 6.54 Å². The number of rotatable bonds is 3. The van der Waals surface area contributed by atoms with E-state index in [4.69, 9.17) is 0 Å². The van der Waals surface area contributed by atoms with Gasteiger partial charge in [0.1, 0.15) is 6.29 Å². The molecule has 1 aliphatic carbocycles. The molecule has 1 heterocycles. The lowest BCUT2D eigenvalue weighted by Gasteiger charge is -2.42. The van der Waals surface area contributed by atoms with Gasteiger partial charge in [-0.1, -0.05) is 19.8 Å². The van der Waals surface area contributed by atoms with Crippen molar-refractivity contribution in [3.8, 4) is 0 Å². The van der Waals surface area contributed by atoms with Gasteiger partial charge in [-0.15, -0.1) is 0 Å². The third-order valence-corrected chi connectivity index (χ3v) is 4.61. The van der Waals surface area contributed by atoms with Gasteiger partial charge in [0, 0.05) is 6.04 Å². The second-order valence-corrected chi connectivity index (χ2v) is 5.52. The molecular formula is C14H25NO. The highest BCUT2D eigenvalue weighted by Gasteiger charge is 2.31. The Balaban J connectivity index is 1.88. The average Bonchev–Trinajstić information content (AvgIpc) is 2.39. The zero-order chi connectivity index (χ0) is 11.4. The number of aldehydes is 1. The summed E-state index contributed by atoms with van der Waals surface area (Å²) in [5.41, 5.74) is 0. The highest BCUT2D eigenvalue weighted by atomic mass is 16.1. The van der Waals surface area contributed by atoms with Crippen molar-refractivity contribution < 1.29 is 4.79 Å². The van der Waals surface area contributed by atoms with Crippen LogP contribution < -0.4 is 0 Å². The highest BCUT2D eigenvalue weighted by molar-refractivity contribution is 5.57. The van der Waals surface area contributed by atoms with Crippen LogP contribution in [-0.2, 0) is 4.79 Å². The highest BCUT2D eigenvalue weighted by Crippen LogP contribution is 2.32. The zero-order valence-corrected chi connectivity index (χ0v) is 10.5. The third kappa shape index (κ3) is 2.65. The molecule has 0 radical (unpaired) electrons. The molecule has 0 spiro atoms. The summed E-state index contributed by atoms with van der Waals surface area (Å²) in [6, 6.07) is 0.940. The molecule has 0 bridgehead atoms. The molecule has 16 heavy (non-hydrogen) atoms. The first kappa shape index (κ1) is 12.1. The van der Waals surface area contributed by atoms with Crippen LogP contribution in [0.15, 0.2) is 0 Å². The average molecular weight is 223 g/mol. The fraction of sp³-hybridized carbons (Fsp3) is 0.929. The van der Waals surface area contributed by atoms with Crippen LogP contribution in [0, 0.1) is 5.92 Å². The number of hydrogen-bond donors (Lipinski definition) is 0. The summed E-state index contributed by atoms with van der Waals surface area (Å²) in [7, 11) is 0. The second kappa shape index (κ2) is 5.81. The molecule has 0 N–H and O–H groups in total. The minimum absolute atomic E-state index is 0.233. The Morgan fingerprint density at radius 1 is 1.12 bits per heavy atom. The van der Waals surface area contributed by atoms with E-state index in [1.807, 2.05) is 0 Å². The van der Waals surface area contributed by atoms with Gasteiger partial charge in [0.2, 0.25) is 0 Å². The fourth-order valence-electron chi connectivity index (χ4n) is 3.46. The first-order valence-corrected chi connectivity index (χ1v) is 7.06. The molecule has 1 saturated heterocycles. The Morgan fingerprint density at radius 3 is 2.50 bits per heavy atom. The first-order valence-electron chi connectivity index (χ1n) is 7.06. The van der Waals surface area contributed by atoms with Crippen LogP contribution in [0.4, 0.5) is 0 Å². The Hall–Kier alpha value is -0.370. The van der Waals surface area contributed by atoms with E-state index in [0.29, 0.717) is 6.04 Å². The summed E-state index contributed by atoms with van der Waals surface area (Å²) in [6.07, 6.45) is 11.5. The van der Waals surface area contributed by atoms with E-state index in [9.17, 15) is 4.79 Å². The predicted octanol–water partition coefficient (Wildman–Crippen LogP) is 3.01. The van der Waals surface area contributed by atoms with Crippen molar-refractivity contribution >= 4 is 6.29 Å². The Morgan fingerprint density at radius 2 is 1.88 bits per heavy atom. The van der Waals surface area contributed by atoms with Gasteiger partial charge < -0.3 is 4.79 Å². The van der Waals surface area contributed by atoms with Gasteiger partial charge in [0.25, 0.3) is 0 Å². The standard InChI is InChI=1S/C14H25NO/c1-2-12-6-8-13(9-7-12)15-10-4-3-5-14(15)11-16/h11-14H,2-10H2,1H3. The van der Waals surface area contributed by atoms with Crippen LogP contribution in [0.25, 0.3) is 0 Å². The van der Waals surface area contributed by atoms with Crippen molar-refractivity contribution in [3.63, 3.8) is 0 Å². The predicted molar refractivity (Wildman–Crippen MR) is 66.4 cm³/mol. The number of likely N-dealkylation sites (tertiary alicyclic amines) is 1. The molecule has 2 nitrogen and oxygen atoms in total. The number of carbonyl (C=O) groups excluding carboxylic acids is 1.